The van der Waals surface area contributed by atoms with Gasteiger partial charge in [-0.25, -0.2) is 4.79 Å². The second kappa shape index (κ2) is 10.2. The Morgan fingerprint density at radius 2 is 1.81 bits per heavy atom. The molecule has 1 N–H and O–H groups in total. The molecule has 2 aromatic heterocycles. The summed E-state index contributed by atoms with van der Waals surface area (Å²) in [5, 5.41) is 15.5. The average molecular weight is 466 g/mol. The second-order valence-corrected chi connectivity index (χ2v) is 8.48. The van der Waals surface area contributed by atoms with Crippen molar-refractivity contribution in [1.82, 2.24) is 20.2 Å². The molecule has 2 aromatic carbocycles. The molecule has 10 heteroatoms. The fourth-order valence-corrected chi connectivity index (χ4v) is 4.64. The Morgan fingerprint density at radius 1 is 1.09 bits per heavy atom. The molecule has 0 aliphatic rings. The van der Waals surface area contributed by atoms with Gasteiger partial charge in [-0.15, -0.1) is 16.4 Å². The smallest absolute Gasteiger partial charge is 0.341 e. The average Bonchev–Trinajstić information content (AvgIpc) is 3.46. The first-order valence-corrected chi connectivity index (χ1v) is 11.6. The number of esters is 1. The van der Waals surface area contributed by atoms with E-state index < -0.39 is 5.97 Å². The van der Waals surface area contributed by atoms with Crippen LogP contribution < -0.4 is 5.32 Å². The first-order chi connectivity index (χ1) is 15.7. The number of nitrogens with zero attached hydrogens (tertiary/aromatic N) is 4. The van der Waals surface area contributed by atoms with Gasteiger partial charge < -0.3 is 10.1 Å². The van der Waals surface area contributed by atoms with Crippen LogP contribution in [0.4, 0.5) is 5.00 Å². The predicted octanol–water partition coefficient (Wildman–Crippen LogP) is 4.30. The number of thioether (sulfide) groups is 1. The van der Waals surface area contributed by atoms with Gasteiger partial charge in [-0.1, -0.05) is 60.3 Å². The number of rotatable bonds is 8. The number of carbonyl (C=O) groups is 2. The predicted molar refractivity (Wildman–Crippen MR) is 124 cm³/mol. The number of benzene rings is 2. The maximum Gasteiger partial charge on any atom is 0.341 e. The summed E-state index contributed by atoms with van der Waals surface area (Å²) in [5.41, 5.74) is 2.10. The number of carbonyl (C=O) groups excluding carboxylic acids is 2. The molecule has 162 valence electrons. The summed E-state index contributed by atoms with van der Waals surface area (Å²) in [6.07, 6.45) is 0. The molecule has 1 amide bonds. The zero-order chi connectivity index (χ0) is 22.3. The maximum absolute atomic E-state index is 12.7. The van der Waals surface area contributed by atoms with Crippen LogP contribution in [0, 0.1) is 0 Å². The van der Waals surface area contributed by atoms with Gasteiger partial charge in [0.25, 0.3) is 0 Å². The van der Waals surface area contributed by atoms with E-state index in [2.05, 4.69) is 20.8 Å². The number of anilines is 1. The van der Waals surface area contributed by atoms with E-state index in [4.69, 9.17) is 4.74 Å². The second-order valence-electron chi connectivity index (χ2n) is 6.49. The third kappa shape index (κ3) is 5.04. The summed E-state index contributed by atoms with van der Waals surface area (Å²) >= 11 is 2.54. The topological polar surface area (TPSA) is 99.0 Å². The van der Waals surface area contributed by atoms with Crippen molar-refractivity contribution in [2.24, 2.45) is 0 Å². The highest BCUT2D eigenvalue weighted by molar-refractivity contribution is 7.99. The Kier molecular flexibility index (Phi) is 6.93. The summed E-state index contributed by atoms with van der Waals surface area (Å²) in [6.45, 7) is 1.99. The first-order valence-electron chi connectivity index (χ1n) is 9.78. The number of hydrogen-bond acceptors (Lipinski definition) is 8. The molecule has 32 heavy (non-hydrogen) atoms. The quantitative estimate of drug-likeness (QED) is 0.306. The molecule has 0 unspecified atom stereocenters. The lowest BCUT2D eigenvalue weighted by Crippen LogP contribution is -2.16. The zero-order valence-electron chi connectivity index (χ0n) is 17.1. The standard InChI is InChI=1S/C22H19N5O3S2/c1-2-30-21(29)17-13-18(15-9-5-3-6-10-15)32-20(17)23-19(28)14-31-22-24-25-26-27(22)16-11-7-4-8-12-16/h3-13H,2,14H2,1H3,(H,23,28). The van der Waals surface area contributed by atoms with Crippen LogP contribution in [0.25, 0.3) is 16.1 Å². The number of ether oxygens (including phenoxy) is 1. The van der Waals surface area contributed by atoms with Crippen molar-refractivity contribution in [2.75, 3.05) is 17.7 Å². The fourth-order valence-electron chi connectivity index (χ4n) is 2.88. The largest absolute Gasteiger partial charge is 0.462 e. The Balaban J connectivity index is 1.49. The molecule has 0 aliphatic carbocycles. The molecule has 0 saturated carbocycles. The van der Waals surface area contributed by atoms with Crippen LogP contribution in [0.3, 0.4) is 0 Å². The van der Waals surface area contributed by atoms with Gasteiger partial charge in [-0.05, 0) is 41.1 Å². The van der Waals surface area contributed by atoms with E-state index in [0.29, 0.717) is 15.7 Å². The summed E-state index contributed by atoms with van der Waals surface area (Å²) in [5.74, 6) is -0.667. The molecule has 0 atom stereocenters. The van der Waals surface area contributed by atoms with Gasteiger partial charge in [-0.2, -0.15) is 4.68 Å². The molecular weight excluding hydrogens is 446 g/mol. The summed E-state index contributed by atoms with van der Waals surface area (Å²) in [6, 6.07) is 20.8. The van der Waals surface area contributed by atoms with E-state index >= 15 is 0 Å². The SMILES string of the molecule is CCOC(=O)c1cc(-c2ccccc2)sc1NC(=O)CSc1nnnn1-c1ccccc1. The minimum Gasteiger partial charge on any atom is -0.462 e. The van der Waals surface area contributed by atoms with E-state index in [1.807, 2.05) is 60.7 Å². The molecular formula is C22H19N5O3S2. The van der Waals surface area contributed by atoms with Crippen molar-refractivity contribution in [1.29, 1.82) is 0 Å². The molecule has 0 aliphatic heterocycles. The summed E-state index contributed by atoms with van der Waals surface area (Å²) in [4.78, 5) is 26.0. The van der Waals surface area contributed by atoms with E-state index in [1.54, 1.807) is 17.7 Å². The Hall–Kier alpha value is -3.50. The van der Waals surface area contributed by atoms with Gasteiger partial charge in [0.1, 0.15) is 5.00 Å². The fraction of sp³-hybridized carbons (Fsp3) is 0.136. The molecule has 4 rings (SSSR count). The number of nitrogens with one attached hydrogen (secondary N) is 1. The minimum absolute atomic E-state index is 0.0774. The lowest BCUT2D eigenvalue weighted by molar-refractivity contribution is -0.113. The number of tetrazole rings is 1. The number of aromatic nitrogens is 4. The van der Waals surface area contributed by atoms with E-state index in [9.17, 15) is 9.59 Å². The number of amides is 1. The maximum atomic E-state index is 12.7. The van der Waals surface area contributed by atoms with Crippen molar-refractivity contribution in [3.63, 3.8) is 0 Å². The molecule has 2 heterocycles. The summed E-state index contributed by atoms with van der Waals surface area (Å²) in [7, 11) is 0. The number of para-hydroxylation sites is 1. The van der Waals surface area contributed by atoms with Gasteiger partial charge >= 0.3 is 5.97 Å². The van der Waals surface area contributed by atoms with Crippen LogP contribution >= 0.6 is 23.1 Å². The van der Waals surface area contributed by atoms with Crippen LogP contribution in [0.2, 0.25) is 0 Å². The van der Waals surface area contributed by atoms with Gasteiger partial charge in [0, 0.05) is 4.88 Å². The molecule has 8 nitrogen and oxygen atoms in total. The highest BCUT2D eigenvalue weighted by Crippen LogP contribution is 2.36. The Morgan fingerprint density at radius 3 is 2.53 bits per heavy atom. The van der Waals surface area contributed by atoms with Gasteiger partial charge in [0.2, 0.25) is 11.1 Å². The third-order valence-corrected chi connectivity index (χ3v) is 6.33. The van der Waals surface area contributed by atoms with Crippen molar-refractivity contribution >= 4 is 40.0 Å². The van der Waals surface area contributed by atoms with Gasteiger partial charge in [0.05, 0.1) is 23.6 Å². The lowest BCUT2D eigenvalue weighted by atomic mass is 10.1. The highest BCUT2D eigenvalue weighted by Gasteiger charge is 2.20. The van der Waals surface area contributed by atoms with Crippen molar-refractivity contribution in [3.8, 4) is 16.1 Å². The van der Waals surface area contributed by atoms with Gasteiger partial charge in [-0.3, -0.25) is 4.79 Å². The Bertz CT molecular complexity index is 1210. The monoisotopic (exact) mass is 465 g/mol. The lowest BCUT2D eigenvalue weighted by Gasteiger charge is -2.06. The molecule has 0 spiro atoms. The van der Waals surface area contributed by atoms with Crippen LogP contribution in [-0.2, 0) is 9.53 Å². The van der Waals surface area contributed by atoms with Crippen LogP contribution in [0.15, 0.2) is 71.9 Å². The third-order valence-electron chi connectivity index (χ3n) is 4.31. The molecule has 0 saturated heterocycles. The molecule has 4 aromatic rings. The molecule has 0 fully saturated rings. The minimum atomic E-state index is -0.470. The molecule has 0 bridgehead atoms. The first kappa shape index (κ1) is 21.7. The molecule has 0 radical (unpaired) electrons. The van der Waals surface area contributed by atoms with Crippen LogP contribution in [0.1, 0.15) is 17.3 Å². The van der Waals surface area contributed by atoms with E-state index in [1.165, 1.54) is 23.1 Å². The van der Waals surface area contributed by atoms with Crippen molar-refractivity contribution in [2.45, 2.75) is 12.1 Å². The summed E-state index contributed by atoms with van der Waals surface area (Å²) < 4.78 is 6.73. The zero-order valence-corrected chi connectivity index (χ0v) is 18.7. The van der Waals surface area contributed by atoms with Gasteiger partial charge in [0.15, 0.2) is 0 Å². The van der Waals surface area contributed by atoms with Crippen molar-refractivity contribution in [3.05, 3.63) is 72.3 Å². The normalized spacial score (nSPS) is 10.7. The van der Waals surface area contributed by atoms with E-state index in [0.717, 1.165) is 16.1 Å². The van der Waals surface area contributed by atoms with Crippen LogP contribution in [-0.4, -0.2) is 44.4 Å². The van der Waals surface area contributed by atoms with Crippen LogP contribution in [0.5, 0.6) is 0 Å². The highest BCUT2D eigenvalue weighted by atomic mass is 32.2. The van der Waals surface area contributed by atoms with E-state index in [-0.39, 0.29) is 18.3 Å². The Labute approximate surface area is 192 Å². The number of thiophene rings is 1. The van der Waals surface area contributed by atoms with Crippen molar-refractivity contribution < 1.29 is 14.3 Å². The number of hydrogen-bond donors (Lipinski definition) is 1.